The van der Waals surface area contributed by atoms with Gasteiger partial charge < -0.3 is 9.15 Å². The quantitative estimate of drug-likeness (QED) is 0.598. The minimum absolute atomic E-state index is 0.141. The van der Waals surface area contributed by atoms with Crippen LogP contribution in [0.15, 0.2) is 40.0 Å². The number of hydrogen-bond donors (Lipinski definition) is 1. The van der Waals surface area contributed by atoms with Crippen LogP contribution in [0.25, 0.3) is 0 Å². The number of nitrogens with zero attached hydrogens (tertiary/aromatic N) is 4. The Kier molecular flexibility index (Phi) is 5.96. The van der Waals surface area contributed by atoms with Crippen LogP contribution in [-0.2, 0) is 17.8 Å². The second kappa shape index (κ2) is 8.58. The molecule has 0 saturated heterocycles. The number of aryl methyl sites for hydroxylation is 1. The molecule has 25 heavy (non-hydrogen) atoms. The fourth-order valence-electron chi connectivity index (χ4n) is 1.75. The Labute approximate surface area is 152 Å². The molecule has 0 atom stereocenters. The summed E-state index contributed by atoms with van der Waals surface area (Å²) in [7, 11) is 0. The summed E-state index contributed by atoms with van der Waals surface area (Å²) < 4.78 is 11.0. The molecule has 1 amide bonds. The van der Waals surface area contributed by atoms with Crippen molar-refractivity contribution in [2.24, 2.45) is 0 Å². The van der Waals surface area contributed by atoms with E-state index in [0.29, 0.717) is 16.2 Å². The number of thioether (sulfide) groups is 1. The van der Waals surface area contributed by atoms with Gasteiger partial charge in [0.15, 0.2) is 6.61 Å². The zero-order valence-corrected chi connectivity index (χ0v) is 15.0. The zero-order chi connectivity index (χ0) is 17.5. The number of amides is 1. The Morgan fingerprint density at radius 3 is 2.84 bits per heavy atom. The van der Waals surface area contributed by atoms with Crippen LogP contribution in [0.4, 0.5) is 5.13 Å². The molecule has 0 bridgehead atoms. The lowest BCUT2D eigenvalue weighted by atomic mass is 10.3. The Morgan fingerprint density at radius 1 is 1.24 bits per heavy atom. The molecule has 1 aromatic carbocycles. The molecule has 2 aromatic heterocycles. The number of carbonyl (C=O) groups is 1. The molecule has 0 aliphatic heterocycles. The van der Waals surface area contributed by atoms with Crippen LogP contribution >= 0.6 is 23.1 Å². The van der Waals surface area contributed by atoms with Gasteiger partial charge in [-0.2, -0.15) is 0 Å². The average Bonchev–Trinajstić information content (AvgIpc) is 3.28. The maximum atomic E-state index is 11.9. The summed E-state index contributed by atoms with van der Waals surface area (Å²) in [5, 5.41) is 20.0. The number of carbonyl (C=O) groups excluding carboxylic acids is 1. The smallest absolute Gasteiger partial charge is 0.277 e. The van der Waals surface area contributed by atoms with Gasteiger partial charge in [0.2, 0.25) is 11.0 Å². The van der Waals surface area contributed by atoms with E-state index in [2.05, 4.69) is 25.7 Å². The lowest BCUT2D eigenvalue weighted by Crippen LogP contribution is -2.13. The van der Waals surface area contributed by atoms with Gasteiger partial charge >= 0.3 is 0 Å². The number of benzene rings is 1. The fraction of sp³-hybridized carbons (Fsp3) is 0.267. The Balaban J connectivity index is 1.44. The number of anilines is 1. The third kappa shape index (κ3) is 5.26. The Hall–Kier alpha value is -2.46. The maximum Gasteiger partial charge on any atom is 0.277 e. The van der Waals surface area contributed by atoms with Crippen LogP contribution in [0, 0.1) is 0 Å². The summed E-state index contributed by atoms with van der Waals surface area (Å²) in [5.41, 5.74) is 0. The predicted molar refractivity (Wildman–Crippen MR) is 93.7 cm³/mol. The van der Waals surface area contributed by atoms with Gasteiger partial charge in [-0.25, -0.2) is 0 Å². The fourth-order valence-corrected chi connectivity index (χ4v) is 3.02. The molecule has 0 radical (unpaired) electrons. The SMILES string of the molecule is CCc1nnc(NC(=O)CSc2nnc(COc3ccccc3)o2)s1. The number of para-hydroxylation sites is 1. The van der Waals surface area contributed by atoms with Crippen LogP contribution in [0.1, 0.15) is 17.8 Å². The second-order valence-electron chi connectivity index (χ2n) is 4.75. The van der Waals surface area contributed by atoms with Gasteiger partial charge in [0.25, 0.3) is 11.1 Å². The zero-order valence-electron chi connectivity index (χ0n) is 13.3. The first-order valence-electron chi connectivity index (χ1n) is 7.48. The topological polar surface area (TPSA) is 103 Å². The highest BCUT2D eigenvalue weighted by molar-refractivity contribution is 7.99. The van der Waals surface area contributed by atoms with Crippen LogP contribution in [0.5, 0.6) is 5.75 Å². The van der Waals surface area contributed by atoms with E-state index in [1.165, 1.54) is 11.3 Å². The largest absolute Gasteiger partial charge is 0.484 e. The van der Waals surface area contributed by atoms with Crippen molar-refractivity contribution in [3.05, 3.63) is 41.2 Å². The van der Waals surface area contributed by atoms with E-state index in [0.717, 1.165) is 28.9 Å². The van der Waals surface area contributed by atoms with E-state index in [4.69, 9.17) is 9.15 Å². The van der Waals surface area contributed by atoms with E-state index < -0.39 is 0 Å². The van der Waals surface area contributed by atoms with Crippen molar-refractivity contribution in [1.82, 2.24) is 20.4 Å². The van der Waals surface area contributed by atoms with E-state index in [1.54, 1.807) is 0 Å². The van der Waals surface area contributed by atoms with E-state index in [-0.39, 0.29) is 18.3 Å². The summed E-state index contributed by atoms with van der Waals surface area (Å²) in [6, 6.07) is 9.35. The summed E-state index contributed by atoms with van der Waals surface area (Å²) >= 11 is 2.51. The maximum absolute atomic E-state index is 11.9. The first-order valence-corrected chi connectivity index (χ1v) is 9.28. The number of nitrogens with one attached hydrogen (secondary N) is 1. The standard InChI is InChI=1S/C15H15N5O3S2/c1-2-13-18-19-14(25-13)16-11(21)9-24-15-20-17-12(23-15)8-22-10-6-4-3-5-7-10/h3-7H,2,8-9H2,1H3,(H,16,19,21). The lowest BCUT2D eigenvalue weighted by molar-refractivity contribution is -0.113. The van der Waals surface area contributed by atoms with Gasteiger partial charge in [-0.05, 0) is 18.6 Å². The highest BCUT2D eigenvalue weighted by atomic mass is 32.2. The number of aromatic nitrogens is 4. The molecule has 0 saturated carbocycles. The van der Waals surface area contributed by atoms with Crippen molar-refractivity contribution in [3.63, 3.8) is 0 Å². The van der Waals surface area contributed by atoms with E-state index in [9.17, 15) is 4.79 Å². The molecule has 1 N–H and O–H groups in total. The van der Waals surface area contributed by atoms with Gasteiger partial charge in [0.1, 0.15) is 10.8 Å². The number of rotatable bonds is 8. The summed E-state index contributed by atoms with van der Waals surface area (Å²) in [5.74, 6) is 1.01. The molecule has 3 aromatic rings. The van der Waals surface area contributed by atoms with E-state index in [1.807, 2.05) is 37.3 Å². The molecule has 8 nitrogen and oxygen atoms in total. The van der Waals surface area contributed by atoms with Crippen molar-refractivity contribution in [2.75, 3.05) is 11.1 Å². The number of ether oxygens (including phenoxy) is 1. The van der Waals surface area contributed by atoms with Crippen molar-refractivity contribution >= 4 is 34.1 Å². The van der Waals surface area contributed by atoms with Crippen LogP contribution < -0.4 is 10.1 Å². The number of hydrogen-bond acceptors (Lipinski definition) is 9. The van der Waals surface area contributed by atoms with Gasteiger partial charge in [-0.3, -0.25) is 10.1 Å². The van der Waals surface area contributed by atoms with Gasteiger partial charge in [-0.1, -0.05) is 48.2 Å². The molecule has 0 unspecified atom stereocenters. The molecular formula is C15H15N5O3S2. The molecular weight excluding hydrogens is 362 g/mol. The van der Waals surface area contributed by atoms with Crippen molar-refractivity contribution < 1.29 is 13.9 Å². The van der Waals surface area contributed by atoms with E-state index >= 15 is 0 Å². The summed E-state index contributed by atoms with van der Waals surface area (Å²) in [6.45, 7) is 2.16. The van der Waals surface area contributed by atoms with Crippen molar-refractivity contribution in [1.29, 1.82) is 0 Å². The molecule has 130 valence electrons. The average molecular weight is 377 g/mol. The molecule has 0 aliphatic rings. The molecule has 0 spiro atoms. The second-order valence-corrected chi connectivity index (χ2v) is 6.74. The first-order chi connectivity index (χ1) is 12.2. The molecule has 0 fully saturated rings. The highest BCUT2D eigenvalue weighted by Crippen LogP contribution is 2.19. The first kappa shape index (κ1) is 17.4. The molecule has 10 heteroatoms. The van der Waals surface area contributed by atoms with Crippen LogP contribution in [0.3, 0.4) is 0 Å². The predicted octanol–water partition coefficient (Wildman–Crippen LogP) is 2.79. The van der Waals surface area contributed by atoms with Crippen molar-refractivity contribution in [2.45, 2.75) is 25.2 Å². The van der Waals surface area contributed by atoms with Gasteiger partial charge in [-0.15, -0.1) is 20.4 Å². The molecule has 2 heterocycles. The van der Waals surface area contributed by atoms with Gasteiger partial charge in [0.05, 0.1) is 5.75 Å². The minimum atomic E-state index is -0.205. The summed E-state index contributed by atoms with van der Waals surface area (Å²) in [6.07, 6.45) is 0.790. The van der Waals surface area contributed by atoms with Crippen molar-refractivity contribution in [3.8, 4) is 5.75 Å². The normalized spacial score (nSPS) is 10.6. The molecule has 0 aliphatic carbocycles. The monoisotopic (exact) mass is 377 g/mol. The minimum Gasteiger partial charge on any atom is -0.484 e. The Morgan fingerprint density at radius 2 is 2.08 bits per heavy atom. The lowest BCUT2D eigenvalue weighted by Gasteiger charge is -2.01. The van der Waals surface area contributed by atoms with Crippen LogP contribution in [0.2, 0.25) is 0 Å². The third-order valence-electron chi connectivity index (χ3n) is 2.90. The molecule has 3 rings (SSSR count). The third-order valence-corrected chi connectivity index (χ3v) is 4.70. The van der Waals surface area contributed by atoms with Gasteiger partial charge in [0, 0.05) is 0 Å². The Bertz CT molecular complexity index is 821. The summed E-state index contributed by atoms with van der Waals surface area (Å²) in [4.78, 5) is 11.9. The highest BCUT2D eigenvalue weighted by Gasteiger charge is 2.12. The van der Waals surface area contributed by atoms with Crippen LogP contribution in [-0.4, -0.2) is 32.1 Å².